The maximum atomic E-state index is 14.6. The van der Waals surface area contributed by atoms with Gasteiger partial charge in [-0.2, -0.15) is 0 Å². The Labute approximate surface area is 310 Å². The summed E-state index contributed by atoms with van der Waals surface area (Å²) in [6, 6.07) is 21.4. The van der Waals surface area contributed by atoms with E-state index >= 15 is 0 Å². The summed E-state index contributed by atoms with van der Waals surface area (Å²) >= 11 is 0. The number of aromatic nitrogens is 1. The molecule has 4 amide bonds. The number of piperazine rings is 2. The van der Waals surface area contributed by atoms with Gasteiger partial charge in [0, 0.05) is 70.7 Å². The predicted octanol–water partition coefficient (Wildman–Crippen LogP) is 3.26. The van der Waals surface area contributed by atoms with Gasteiger partial charge in [-0.3, -0.25) is 19.2 Å². The molecule has 1 N–H and O–H groups in total. The Morgan fingerprint density at radius 2 is 1.64 bits per heavy atom. The highest BCUT2D eigenvalue weighted by Gasteiger charge is 2.51. The third-order valence-corrected chi connectivity index (χ3v) is 10.7. The molecule has 12 nitrogen and oxygen atoms in total. The lowest BCUT2D eigenvalue weighted by Crippen LogP contribution is -2.75. The van der Waals surface area contributed by atoms with Crippen LogP contribution in [0.4, 0.5) is 0 Å². The number of hydrogen-bond acceptors (Lipinski definition) is 7. The van der Waals surface area contributed by atoms with Crippen LogP contribution in [0.3, 0.4) is 0 Å². The minimum atomic E-state index is -0.886. The van der Waals surface area contributed by atoms with Crippen LogP contribution in [0.1, 0.15) is 33.5 Å². The number of hydrazine groups is 1. The molecule has 7 rings (SSSR count). The van der Waals surface area contributed by atoms with Crippen molar-refractivity contribution in [3.63, 3.8) is 0 Å². The molecule has 0 radical (unpaired) electrons. The molecule has 12 heteroatoms. The van der Waals surface area contributed by atoms with Crippen molar-refractivity contribution >= 4 is 34.5 Å². The zero-order valence-corrected chi connectivity index (χ0v) is 30.4. The first kappa shape index (κ1) is 35.9. The van der Waals surface area contributed by atoms with Crippen molar-refractivity contribution < 1.29 is 24.3 Å². The van der Waals surface area contributed by atoms with Gasteiger partial charge in [0.15, 0.2) is 0 Å². The summed E-state index contributed by atoms with van der Waals surface area (Å²) in [5.41, 5.74) is 4.16. The van der Waals surface area contributed by atoms with Crippen LogP contribution in [-0.2, 0) is 40.8 Å². The summed E-state index contributed by atoms with van der Waals surface area (Å²) < 4.78 is 1.96. The highest BCUT2D eigenvalue weighted by Crippen LogP contribution is 2.32. The molecule has 3 saturated heterocycles. The van der Waals surface area contributed by atoms with Gasteiger partial charge in [-0.15, -0.1) is 6.58 Å². The summed E-state index contributed by atoms with van der Waals surface area (Å²) in [5, 5.41) is 14.2. The van der Waals surface area contributed by atoms with Gasteiger partial charge in [-0.25, -0.2) is 10.0 Å². The van der Waals surface area contributed by atoms with Gasteiger partial charge >= 0.3 is 0 Å². The fraction of sp³-hybridized carbons (Fsp3) is 0.366. The highest BCUT2D eigenvalue weighted by molar-refractivity contribution is 6.07. The van der Waals surface area contributed by atoms with E-state index in [1.807, 2.05) is 71.2 Å². The average molecular weight is 718 g/mol. The third kappa shape index (κ3) is 7.29. The number of phenolic OH excluding ortho intramolecular Hbond substituents is 1. The molecule has 4 aromatic rings. The smallest absolute Gasteiger partial charge is 0.256 e. The fourth-order valence-corrected chi connectivity index (χ4v) is 8.01. The first-order valence-electron chi connectivity index (χ1n) is 18.3. The van der Waals surface area contributed by atoms with E-state index in [4.69, 9.17) is 0 Å². The molecule has 0 aliphatic carbocycles. The maximum Gasteiger partial charge on any atom is 0.256 e. The number of para-hydroxylation sites is 1. The van der Waals surface area contributed by atoms with Crippen molar-refractivity contribution in [2.24, 2.45) is 7.05 Å². The Bertz CT molecular complexity index is 2000. The molecule has 3 aromatic carbocycles. The molecule has 4 heterocycles. The molecule has 0 spiro atoms. The Morgan fingerprint density at radius 3 is 2.36 bits per heavy atom. The van der Waals surface area contributed by atoms with Gasteiger partial charge in [0.05, 0.1) is 24.2 Å². The Morgan fingerprint density at radius 1 is 0.906 bits per heavy atom. The second-order valence-corrected chi connectivity index (χ2v) is 14.3. The number of aromatic hydroxyl groups is 1. The molecule has 53 heavy (non-hydrogen) atoms. The van der Waals surface area contributed by atoms with Gasteiger partial charge in [-0.05, 0) is 42.3 Å². The molecule has 0 unspecified atom stereocenters. The Hall–Kier alpha value is -5.46. The summed E-state index contributed by atoms with van der Waals surface area (Å²) in [6.07, 6.45) is 3.77. The molecule has 0 saturated carbocycles. The number of benzene rings is 3. The summed E-state index contributed by atoms with van der Waals surface area (Å²) in [5.74, 6) is -0.512. The van der Waals surface area contributed by atoms with E-state index in [0.717, 1.165) is 40.7 Å². The topological polar surface area (TPSA) is 113 Å². The van der Waals surface area contributed by atoms with Crippen molar-refractivity contribution in [2.45, 2.75) is 38.0 Å². The van der Waals surface area contributed by atoms with Crippen LogP contribution in [0.25, 0.3) is 10.9 Å². The van der Waals surface area contributed by atoms with E-state index < -0.39 is 12.2 Å². The average Bonchev–Trinajstić information content (AvgIpc) is 3.50. The van der Waals surface area contributed by atoms with Crippen molar-refractivity contribution in [1.29, 1.82) is 0 Å². The van der Waals surface area contributed by atoms with Crippen molar-refractivity contribution in [2.75, 3.05) is 52.9 Å². The lowest BCUT2D eigenvalue weighted by atomic mass is 9.97. The molecule has 2 atom stereocenters. The van der Waals surface area contributed by atoms with E-state index in [1.54, 1.807) is 50.2 Å². The highest BCUT2D eigenvalue weighted by atomic mass is 16.3. The Kier molecular flexibility index (Phi) is 10.3. The maximum absolute atomic E-state index is 14.6. The second kappa shape index (κ2) is 15.3. The second-order valence-electron chi connectivity index (χ2n) is 14.3. The van der Waals surface area contributed by atoms with Crippen LogP contribution in [0.2, 0.25) is 0 Å². The first-order chi connectivity index (χ1) is 25.6. The molecule has 1 aromatic heterocycles. The first-order valence-corrected chi connectivity index (χ1v) is 18.3. The van der Waals surface area contributed by atoms with Gasteiger partial charge in [-0.1, -0.05) is 66.7 Å². The number of rotatable bonds is 10. The standard InChI is InChI=1S/C41H47N7O5/c1-4-19-46-28-38(51)47-35(24-30-13-16-32(49)17-14-30)41(53)45(27-36(47)48(46)37(50)18-15-29-9-6-5-7-10-29)25-31-11-8-12-33-34(26-43(3)39(31)33)40(52)44-22-20-42(2)21-23-44/h4-14,16-17,26,35-36,49H,1,15,18-25,27-28H2,2-3H3/t35-,36-/m0/s1. The number of nitrogens with zero attached hydrogens (tertiary/aromatic N) is 7. The lowest BCUT2D eigenvalue weighted by molar-refractivity contribution is -0.205. The van der Waals surface area contributed by atoms with E-state index in [2.05, 4.69) is 18.5 Å². The fourth-order valence-electron chi connectivity index (χ4n) is 8.01. The van der Waals surface area contributed by atoms with E-state index in [1.165, 1.54) is 0 Å². The van der Waals surface area contributed by atoms with Crippen LogP contribution in [0.15, 0.2) is 91.6 Å². The lowest BCUT2D eigenvalue weighted by Gasteiger charge is -2.55. The van der Waals surface area contributed by atoms with Gasteiger partial charge in [0.25, 0.3) is 5.91 Å². The number of likely N-dealkylation sites (N-methyl/N-ethyl adjacent to an activating group) is 1. The normalized spacial score (nSPS) is 19.9. The summed E-state index contributed by atoms with van der Waals surface area (Å²) in [7, 11) is 3.97. The van der Waals surface area contributed by atoms with Crippen LogP contribution in [-0.4, -0.2) is 128 Å². The monoisotopic (exact) mass is 717 g/mol. The summed E-state index contributed by atoms with van der Waals surface area (Å²) in [6.45, 7) is 7.41. The quantitative estimate of drug-likeness (QED) is 0.251. The van der Waals surface area contributed by atoms with Crippen molar-refractivity contribution in [3.05, 3.63) is 114 Å². The number of phenols is 1. The minimum absolute atomic E-state index is 0.00723. The van der Waals surface area contributed by atoms with Gasteiger partial charge in [0.2, 0.25) is 17.7 Å². The predicted molar refractivity (Wildman–Crippen MR) is 201 cm³/mol. The number of amides is 4. The Balaban J connectivity index is 1.24. The zero-order valence-electron chi connectivity index (χ0n) is 30.4. The van der Waals surface area contributed by atoms with Gasteiger partial charge in [0.1, 0.15) is 18.0 Å². The molecule has 3 aliphatic heterocycles. The molecular weight excluding hydrogens is 670 g/mol. The van der Waals surface area contributed by atoms with Gasteiger partial charge < -0.3 is 29.3 Å². The number of aryl methyl sites for hydroxylation is 2. The number of carbonyl (C=O) groups is 4. The SMILES string of the molecule is C=CCN1CC(=O)N2[C@@H](Cc3ccc(O)cc3)C(=O)N(Cc3cccc4c(C(=O)N5CCN(C)CC5)cn(C)c34)C[C@@H]2N1C(=O)CCc1ccccc1. The summed E-state index contributed by atoms with van der Waals surface area (Å²) in [4.78, 5) is 64.1. The molecular formula is C41H47N7O5. The number of hydrogen-bond donors (Lipinski definition) is 1. The minimum Gasteiger partial charge on any atom is -0.508 e. The van der Waals surface area contributed by atoms with Crippen molar-refractivity contribution in [1.82, 2.24) is 34.2 Å². The molecule has 3 aliphatic rings. The number of fused-ring (bicyclic) bond motifs is 2. The van der Waals surface area contributed by atoms with E-state index in [9.17, 15) is 24.3 Å². The zero-order chi connectivity index (χ0) is 37.2. The van der Waals surface area contributed by atoms with Crippen LogP contribution < -0.4 is 0 Å². The molecule has 0 bridgehead atoms. The largest absolute Gasteiger partial charge is 0.508 e. The molecule has 3 fully saturated rings. The van der Waals surface area contributed by atoms with Crippen LogP contribution in [0, 0.1) is 0 Å². The van der Waals surface area contributed by atoms with Crippen molar-refractivity contribution in [3.8, 4) is 5.75 Å². The number of carbonyl (C=O) groups excluding carboxylic acids is 4. The van der Waals surface area contributed by atoms with E-state index in [0.29, 0.717) is 25.1 Å². The van der Waals surface area contributed by atoms with Crippen LogP contribution >= 0.6 is 0 Å². The van der Waals surface area contributed by atoms with Crippen LogP contribution in [0.5, 0.6) is 5.75 Å². The molecule has 276 valence electrons. The third-order valence-electron chi connectivity index (χ3n) is 10.7. The van der Waals surface area contributed by atoms with E-state index in [-0.39, 0.29) is 68.4 Å².